The van der Waals surface area contributed by atoms with Crippen LogP contribution in [0.25, 0.3) is 0 Å². The number of thiazole rings is 1. The van der Waals surface area contributed by atoms with Crippen LogP contribution in [0.15, 0.2) is 35.8 Å². The summed E-state index contributed by atoms with van der Waals surface area (Å²) in [6, 6.07) is 8.46. The summed E-state index contributed by atoms with van der Waals surface area (Å²) in [6.07, 6.45) is 1.67. The topological polar surface area (TPSA) is 60.5 Å². The second-order valence-electron chi connectivity index (χ2n) is 5.89. The summed E-state index contributed by atoms with van der Waals surface area (Å²) in [5.74, 6) is 0. The normalized spacial score (nSPS) is 15.3. The number of anilines is 2. The minimum Gasteiger partial charge on any atom is -0.369 e. The molecule has 0 spiro atoms. The molecule has 7 heteroatoms. The number of aryl methyl sites for hydroxylation is 1. The van der Waals surface area contributed by atoms with Gasteiger partial charge in [0.2, 0.25) is 0 Å². The van der Waals surface area contributed by atoms with Crippen LogP contribution in [-0.2, 0) is 0 Å². The molecule has 1 aromatic heterocycles. The first kappa shape index (κ1) is 16.7. The summed E-state index contributed by atoms with van der Waals surface area (Å²) in [4.78, 5) is 20.6. The fourth-order valence-corrected chi connectivity index (χ4v) is 3.33. The van der Waals surface area contributed by atoms with E-state index in [0.29, 0.717) is 11.7 Å². The minimum atomic E-state index is -0.191. The fraction of sp³-hybridized carbons (Fsp3) is 0.412. The lowest BCUT2D eigenvalue weighted by Crippen LogP contribution is -2.48. The van der Waals surface area contributed by atoms with Crippen molar-refractivity contribution in [2.75, 3.05) is 49.5 Å². The molecular formula is C17H23N5OS. The number of aromatic nitrogens is 1. The van der Waals surface area contributed by atoms with Crippen LogP contribution in [0.5, 0.6) is 0 Å². The van der Waals surface area contributed by atoms with Gasteiger partial charge in [-0.2, -0.15) is 0 Å². The first-order valence-electron chi connectivity index (χ1n) is 8.19. The van der Waals surface area contributed by atoms with Gasteiger partial charge < -0.3 is 10.2 Å². The molecule has 2 N–H and O–H groups in total. The minimum absolute atomic E-state index is 0.191. The number of nitrogens with one attached hydrogen (secondary N) is 2. The van der Waals surface area contributed by atoms with Crippen molar-refractivity contribution in [3.05, 3.63) is 41.4 Å². The third-order valence-electron chi connectivity index (χ3n) is 4.11. The average Bonchev–Trinajstić information content (AvgIpc) is 3.08. The first-order chi connectivity index (χ1) is 11.7. The maximum atomic E-state index is 11.7. The van der Waals surface area contributed by atoms with Crippen molar-refractivity contribution in [2.45, 2.75) is 6.92 Å². The third kappa shape index (κ3) is 4.69. The van der Waals surface area contributed by atoms with Gasteiger partial charge in [-0.05, 0) is 24.6 Å². The van der Waals surface area contributed by atoms with Crippen LogP contribution >= 0.6 is 11.3 Å². The predicted octanol–water partition coefficient (Wildman–Crippen LogP) is 2.40. The van der Waals surface area contributed by atoms with E-state index in [4.69, 9.17) is 0 Å². The molecule has 1 saturated heterocycles. The predicted molar refractivity (Wildman–Crippen MR) is 99.0 cm³/mol. The van der Waals surface area contributed by atoms with Gasteiger partial charge in [0.05, 0.1) is 0 Å². The molecule has 0 atom stereocenters. The van der Waals surface area contributed by atoms with Gasteiger partial charge in [0, 0.05) is 56.5 Å². The van der Waals surface area contributed by atoms with Gasteiger partial charge >= 0.3 is 6.03 Å². The van der Waals surface area contributed by atoms with Crippen molar-refractivity contribution >= 4 is 28.2 Å². The monoisotopic (exact) mass is 345 g/mol. The number of hydrogen-bond acceptors (Lipinski definition) is 5. The molecule has 2 amide bonds. The maximum Gasteiger partial charge on any atom is 0.321 e. The third-order valence-corrected chi connectivity index (χ3v) is 4.79. The van der Waals surface area contributed by atoms with Gasteiger partial charge in [0.15, 0.2) is 5.13 Å². The van der Waals surface area contributed by atoms with Gasteiger partial charge in [-0.3, -0.25) is 10.2 Å². The average molecular weight is 345 g/mol. The quantitative estimate of drug-likeness (QED) is 0.874. The van der Waals surface area contributed by atoms with E-state index in [2.05, 4.69) is 56.6 Å². The Hall–Kier alpha value is -2.12. The molecule has 0 radical (unpaired) electrons. The lowest BCUT2D eigenvalue weighted by molar-refractivity contribution is 0.240. The molecule has 3 rings (SSSR count). The highest BCUT2D eigenvalue weighted by atomic mass is 32.1. The van der Waals surface area contributed by atoms with E-state index < -0.39 is 0 Å². The Morgan fingerprint density at radius 1 is 1.29 bits per heavy atom. The summed E-state index contributed by atoms with van der Waals surface area (Å²) in [7, 11) is 0. The Morgan fingerprint density at radius 2 is 2.12 bits per heavy atom. The molecule has 128 valence electrons. The van der Waals surface area contributed by atoms with Crippen LogP contribution in [0.4, 0.5) is 15.6 Å². The Morgan fingerprint density at radius 3 is 2.83 bits per heavy atom. The number of nitrogens with zero attached hydrogens (tertiary/aromatic N) is 3. The molecule has 0 saturated carbocycles. The van der Waals surface area contributed by atoms with Crippen LogP contribution in [0.3, 0.4) is 0 Å². The molecule has 1 fully saturated rings. The molecule has 1 aliphatic rings. The summed E-state index contributed by atoms with van der Waals surface area (Å²) < 4.78 is 0. The second-order valence-corrected chi connectivity index (χ2v) is 6.78. The number of amides is 2. The van der Waals surface area contributed by atoms with Gasteiger partial charge in [-0.15, -0.1) is 11.3 Å². The van der Waals surface area contributed by atoms with Crippen LogP contribution in [0.1, 0.15) is 5.56 Å². The highest BCUT2D eigenvalue weighted by Crippen LogP contribution is 2.17. The van der Waals surface area contributed by atoms with Crippen molar-refractivity contribution in [2.24, 2.45) is 0 Å². The number of carbonyl (C=O) groups is 1. The molecule has 1 aliphatic heterocycles. The Balaban J connectivity index is 1.36. The number of hydrogen-bond donors (Lipinski definition) is 2. The standard InChI is InChI=1S/C17H23N5OS/c1-14-3-2-4-15(13-14)22-10-8-21(9-11-22)7-5-18-16(23)20-17-19-6-12-24-17/h2-4,6,12-13H,5,7-11H2,1H3,(H2,18,19,20,23). The highest BCUT2D eigenvalue weighted by Gasteiger charge is 2.17. The number of carbonyl (C=O) groups excluding carboxylic acids is 1. The van der Waals surface area contributed by atoms with Crippen LogP contribution in [0.2, 0.25) is 0 Å². The Bertz CT molecular complexity index is 653. The van der Waals surface area contributed by atoms with E-state index in [1.807, 2.05) is 5.38 Å². The zero-order chi connectivity index (χ0) is 16.8. The van der Waals surface area contributed by atoms with Crippen molar-refractivity contribution in [1.82, 2.24) is 15.2 Å². The summed E-state index contributed by atoms with van der Waals surface area (Å²) in [5, 5.41) is 8.06. The summed E-state index contributed by atoms with van der Waals surface area (Å²) >= 11 is 1.41. The first-order valence-corrected chi connectivity index (χ1v) is 9.07. The number of rotatable bonds is 5. The van der Waals surface area contributed by atoms with E-state index in [1.165, 1.54) is 22.6 Å². The number of urea groups is 1. The van der Waals surface area contributed by atoms with Gasteiger partial charge in [0.1, 0.15) is 0 Å². The van der Waals surface area contributed by atoms with Gasteiger partial charge in [0.25, 0.3) is 0 Å². The SMILES string of the molecule is Cc1cccc(N2CCN(CCNC(=O)Nc3nccs3)CC2)c1. The second kappa shape index (κ2) is 8.12. The molecule has 0 aliphatic carbocycles. The summed E-state index contributed by atoms with van der Waals surface area (Å²) in [5.41, 5.74) is 2.60. The van der Waals surface area contributed by atoms with Crippen molar-refractivity contribution in [3.63, 3.8) is 0 Å². The number of piperazine rings is 1. The van der Waals surface area contributed by atoms with E-state index in [1.54, 1.807) is 6.20 Å². The molecule has 24 heavy (non-hydrogen) atoms. The maximum absolute atomic E-state index is 11.7. The molecule has 0 unspecified atom stereocenters. The Kier molecular flexibility index (Phi) is 5.66. The van der Waals surface area contributed by atoms with Gasteiger partial charge in [-0.1, -0.05) is 12.1 Å². The fourth-order valence-electron chi connectivity index (χ4n) is 2.81. The number of benzene rings is 1. The van der Waals surface area contributed by atoms with E-state index in [0.717, 1.165) is 32.7 Å². The lowest BCUT2D eigenvalue weighted by atomic mass is 10.2. The zero-order valence-electron chi connectivity index (χ0n) is 13.9. The molecule has 2 heterocycles. The Labute approximate surface area is 146 Å². The zero-order valence-corrected chi connectivity index (χ0v) is 14.7. The van der Waals surface area contributed by atoms with E-state index in [-0.39, 0.29) is 6.03 Å². The van der Waals surface area contributed by atoms with Crippen molar-refractivity contribution < 1.29 is 4.79 Å². The van der Waals surface area contributed by atoms with E-state index >= 15 is 0 Å². The molecule has 6 nitrogen and oxygen atoms in total. The smallest absolute Gasteiger partial charge is 0.321 e. The van der Waals surface area contributed by atoms with Crippen LogP contribution in [0, 0.1) is 6.92 Å². The van der Waals surface area contributed by atoms with Crippen molar-refractivity contribution in [1.29, 1.82) is 0 Å². The summed E-state index contributed by atoms with van der Waals surface area (Å²) in [6.45, 7) is 7.72. The van der Waals surface area contributed by atoms with Crippen LogP contribution < -0.4 is 15.5 Å². The largest absolute Gasteiger partial charge is 0.369 e. The molecule has 1 aromatic carbocycles. The molecular weight excluding hydrogens is 322 g/mol. The molecule has 2 aromatic rings. The van der Waals surface area contributed by atoms with Gasteiger partial charge in [-0.25, -0.2) is 9.78 Å². The highest BCUT2D eigenvalue weighted by molar-refractivity contribution is 7.13. The lowest BCUT2D eigenvalue weighted by Gasteiger charge is -2.36. The van der Waals surface area contributed by atoms with E-state index in [9.17, 15) is 4.79 Å². The van der Waals surface area contributed by atoms with Crippen molar-refractivity contribution in [3.8, 4) is 0 Å². The molecule has 0 bridgehead atoms. The van der Waals surface area contributed by atoms with Crippen LogP contribution in [-0.4, -0.2) is 55.2 Å².